The molecule has 102 valence electrons. The van der Waals surface area contributed by atoms with Gasteiger partial charge in [0, 0.05) is 16.7 Å². The molecule has 2 rings (SSSR count). The fraction of sp³-hybridized carbons (Fsp3) is 0.357. The lowest BCUT2D eigenvalue weighted by Gasteiger charge is -2.22. The topological polar surface area (TPSA) is 65.0 Å². The van der Waals surface area contributed by atoms with Crippen LogP contribution < -0.4 is 14.2 Å². The Bertz CT molecular complexity index is 545. The number of allylic oxidation sites excluding steroid dienone is 1. The molecule has 0 amide bonds. The van der Waals surface area contributed by atoms with Crippen molar-refractivity contribution >= 4 is 5.78 Å². The fourth-order valence-corrected chi connectivity index (χ4v) is 2.34. The van der Waals surface area contributed by atoms with E-state index >= 15 is 0 Å². The molecule has 0 aromatic heterocycles. The van der Waals surface area contributed by atoms with Crippen LogP contribution in [0.4, 0.5) is 0 Å². The van der Waals surface area contributed by atoms with Crippen molar-refractivity contribution < 1.29 is 24.1 Å². The highest BCUT2D eigenvalue weighted by Crippen LogP contribution is 2.44. The monoisotopic (exact) mass is 264 g/mol. The summed E-state index contributed by atoms with van der Waals surface area (Å²) < 4.78 is 15.9. The van der Waals surface area contributed by atoms with E-state index in [9.17, 15) is 4.79 Å². The van der Waals surface area contributed by atoms with Crippen molar-refractivity contribution in [2.24, 2.45) is 0 Å². The smallest absolute Gasteiger partial charge is 0.203 e. The number of aliphatic hydroxyl groups is 1. The molecule has 0 heterocycles. The first-order valence-corrected chi connectivity index (χ1v) is 5.87. The second-order valence-electron chi connectivity index (χ2n) is 4.15. The minimum atomic E-state index is -0.206. The lowest BCUT2D eigenvalue weighted by Crippen LogP contribution is -2.16. The van der Waals surface area contributed by atoms with E-state index < -0.39 is 0 Å². The van der Waals surface area contributed by atoms with Crippen LogP contribution >= 0.6 is 0 Å². The van der Waals surface area contributed by atoms with Crippen LogP contribution in [0.1, 0.15) is 22.3 Å². The van der Waals surface area contributed by atoms with E-state index in [4.69, 9.17) is 19.3 Å². The van der Waals surface area contributed by atoms with E-state index in [-0.39, 0.29) is 5.78 Å². The van der Waals surface area contributed by atoms with E-state index in [2.05, 4.69) is 0 Å². The highest BCUT2D eigenvalue weighted by atomic mass is 16.5. The Hall–Kier alpha value is -2.17. The highest BCUT2D eigenvalue weighted by Gasteiger charge is 2.29. The van der Waals surface area contributed by atoms with Gasteiger partial charge in [0.2, 0.25) is 5.75 Å². The lowest BCUT2D eigenvalue weighted by atomic mass is 9.86. The molecule has 0 radical (unpaired) electrons. The van der Waals surface area contributed by atoms with Gasteiger partial charge in [-0.25, -0.2) is 0 Å². The third-order valence-corrected chi connectivity index (χ3v) is 3.27. The molecular formula is C14H16O5. The van der Waals surface area contributed by atoms with Crippen molar-refractivity contribution in [1.29, 1.82) is 0 Å². The van der Waals surface area contributed by atoms with Crippen molar-refractivity contribution in [3.05, 3.63) is 29.0 Å². The SMILES string of the molecule is COc1cc2c(c(OC)c1OC)CCC(=CO)C2=O. The molecule has 5 nitrogen and oxygen atoms in total. The lowest BCUT2D eigenvalue weighted by molar-refractivity contribution is 0.102. The molecule has 19 heavy (non-hydrogen) atoms. The number of hydrogen-bond acceptors (Lipinski definition) is 5. The summed E-state index contributed by atoms with van der Waals surface area (Å²) in [4.78, 5) is 12.2. The van der Waals surface area contributed by atoms with Crippen molar-refractivity contribution in [3.8, 4) is 17.2 Å². The molecule has 1 N–H and O–H groups in total. The predicted octanol–water partition coefficient (Wildman–Crippen LogP) is 2.28. The molecule has 1 aromatic rings. The number of methoxy groups -OCH3 is 3. The van der Waals surface area contributed by atoms with E-state index in [1.54, 1.807) is 6.07 Å². The van der Waals surface area contributed by atoms with E-state index in [0.717, 1.165) is 11.8 Å². The number of benzene rings is 1. The van der Waals surface area contributed by atoms with Gasteiger partial charge in [0.05, 0.1) is 27.6 Å². The molecule has 5 heteroatoms. The number of Topliss-reactive ketones (excluding diaryl/α,β-unsaturated/α-hetero) is 1. The summed E-state index contributed by atoms with van der Waals surface area (Å²) in [6, 6.07) is 1.63. The van der Waals surface area contributed by atoms with Gasteiger partial charge < -0.3 is 19.3 Å². The first-order chi connectivity index (χ1) is 9.17. The molecule has 0 saturated heterocycles. The van der Waals surface area contributed by atoms with Gasteiger partial charge >= 0.3 is 0 Å². The van der Waals surface area contributed by atoms with Gasteiger partial charge in [0.1, 0.15) is 0 Å². The molecule has 0 bridgehead atoms. The molecule has 0 atom stereocenters. The van der Waals surface area contributed by atoms with Crippen LogP contribution in [0.5, 0.6) is 17.2 Å². The maximum absolute atomic E-state index is 12.2. The van der Waals surface area contributed by atoms with Gasteiger partial charge in [-0.05, 0) is 18.9 Å². The number of carbonyl (C=O) groups excluding carboxylic acids is 1. The minimum absolute atomic E-state index is 0.206. The molecule has 1 aromatic carbocycles. The Balaban J connectivity index is 2.69. The third-order valence-electron chi connectivity index (χ3n) is 3.27. The second kappa shape index (κ2) is 5.22. The maximum atomic E-state index is 12.2. The first kappa shape index (κ1) is 13.3. The number of carbonyl (C=O) groups is 1. The van der Waals surface area contributed by atoms with Crippen molar-refractivity contribution in [2.75, 3.05) is 21.3 Å². The number of rotatable bonds is 3. The van der Waals surface area contributed by atoms with Gasteiger partial charge in [0.25, 0.3) is 0 Å². The predicted molar refractivity (Wildman–Crippen MR) is 69.5 cm³/mol. The summed E-state index contributed by atoms with van der Waals surface area (Å²) >= 11 is 0. The van der Waals surface area contributed by atoms with E-state index in [0.29, 0.717) is 41.2 Å². The zero-order chi connectivity index (χ0) is 14.0. The Labute approximate surface area is 111 Å². The number of ether oxygens (including phenoxy) is 3. The van der Waals surface area contributed by atoms with Crippen LogP contribution in [0.2, 0.25) is 0 Å². The highest BCUT2D eigenvalue weighted by molar-refractivity contribution is 6.11. The maximum Gasteiger partial charge on any atom is 0.203 e. The van der Waals surface area contributed by atoms with Crippen molar-refractivity contribution in [3.63, 3.8) is 0 Å². The molecular weight excluding hydrogens is 248 g/mol. The van der Waals surface area contributed by atoms with Crippen LogP contribution in [0.15, 0.2) is 17.9 Å². The van der Waals surface area contributed by atoms with Crippen LogP contribution in [-0.2, 0) is 6.42 Å². The quantitative estimate of drug-likeness (QED) is 0.670. The first-order valence-electron chi connectivity index (χ1n) is 5.87. The van der Waals surface area contributed by atoms with Crippen LogP contribution in [-0.4, -0.2) is 32.2 Å². The number of aliphatic hydroxyl groups excluding tert-OH is 1. The summed E-state index contributed by atoms with van der Waals surface area (Å²) in [6.45, 7) is 0. The van der Waals surface area contributed by atoms with Crippen molar-refractivity contribution in [2.45, 2.75) is 12.8 Å². The average Bonchev–Trinajstić information content (AvgIpc) is 2.45. The van der Waals surface area contributed by atoms with E-state index in [1.807, 2.05) is 0 Å². The molecule has 1 aliphatic rings. The number of hydrogen-bond donors (Lipinski definition) is 1. The van der Waals surface area contributed by atoms with Gasteiger partial charge in [-0.15, -0.1) is 0 Å². The number of fused-ring (bicyclic) bond motifs is 1. The minimum Gasteiger partial charge on any atom is -0.515 e. The van der Waals surface area contributed by atoms with Crippen LogP contribution in [0, 0.1) is 0 Å². The Morgan fingerprint density at radius 3 is 2.32 bits per heavy atom. The molecule has 0 unspecified atom stereocenters. The summed E-state index contributed by atoms with van der Waals surface area (Å²) in [5.41, 5.74) is 1.67. The second-order valence-corrected chi connectivity index (χ2v) is 4.15. The van der Waals surface area contributed by atoms with Gasteiger partial charge in [-0.1, -0.05) is 0 Å². The number of ketones is 1. The van der Waals surface area contributed by atoms with Crippen LogP contribution in [0.3, 0.4) is 0 Å². The Kier molecular flexibility index (Phi) is 3.64. The molecule has 0 saturated carbocycles. The Morgan fingerprint density at radius 1 is 1.11 bits per heavy atom. The largest absolute Gasteiger partial charge is 0.515 e. The third kappa shape index (κ3) is 2.01. The molecule has 0 fully saturated rings. The molecule has 0 aliphatic heterocycles. The van der Waals surface area contributed by atoms with E-state index in [1.165, 1.54) is 21.3 Å². The van der Waals surface area contributed by atoms with Gasteiger partial charge in [-0.3, -0.25) is 4.79 Å². The van der Waals surface area contributed by atoms with Gasteiger partial charge in [0.15, 0.2) is 17.3 Å². The zero-order valence-electron chi connectivity index (χ0n) is 11.1. The average molecular weight is 264 g/mol. The summed E-state index contributed by atoms with van der Waals surface area (Å²) in [7, 11) is 4.55. The summed E-state index contributed by atoms with van der Waals surface area (Å²) in [5.74, 6) is 1.23. The normalized spacial score (nSPS) is 16.2. The standard InChI is InChI=1S/C14H16O5/c1-17-11-6-10-9(13(18-2)14(11)19-3)5-4-8(7-15)12(10)16/h6-7,15H,4-5H2,1-3H3. The van der Waals surface area contributed by atoms with Crippen molar-refractivity contribution in [1.82, 2.24) is 0 Å². The summed E-state index contributed by atoms with van der Waals surface area (Å²) in [5, 5.41) is 9.07. The molecule has 0 spiro atoms. The molecule has 1 aliphatic carbocycles. The Morgan fingerprint density at radius 2 is 1.79 bits per heavy atom. The summed E-state index contributed by atoms with van der Waals surface area (Å²) in [6.07, 6.45) is 1.96. The fourth-order valence-electron chi connectivity index (χ4n) is 2.34. The van der Waals surface area contributed by atoms with Crippen LogP contribution in [0.25, 0.3) is 0 Å². The zero-order valence-corrected chi connectivity index (χ0v) is 11.1. The van der Waals surface area contributed by atoms with Gasteiger partial charge in [-0.2, -0.15) is 0 Å².